The molecule has 2 rings (SSSR count). The zero-order valence-electron chi connectivity index (χ0n) is 10.1. The molecule has 100 valence electrons. The lowest BCUT2D eigenvalue weighted by molar-refractivity contribution is -0.121. The van der Waals surface area contributed by atoms with Gasteiger partial charge in [-0.3, -0.25) is 4.79 Å². The molecule has 2 heterocycles. The van der Waals surface area contributed by atoms with Crippen molar-refractivity contribution in [2.75, 3.05) is 11.5 Å². The molecule has 1 fully saturated rings. The van der Waals surface area contributed by atoms with E-state index in [2.05, 4.69) is 11.4 Å². The second kappa shape index (κ2) is 5.84. The second-order valence-electron chi connectivity index (χ2n) is 4.60. The van der Waals surface area contributed by atoms with Gasteiger partial charge in [0.15, 0.2) is 9.84 Å². The molecule has 1 saturated heterocycles. The van der Waals surface area contributed by atoms with E-state index in [1.807, 2.05) is 11.4 Å². The molecule has 0 aliphatic carbocycles. The molecule has 1 aromatic rings. The molecule has 4 nitrogen and oxygen atoms in total. The molecule has 1 N–H and O–H groups in total. The molecule has 0 aromatic carbocycles. The Balaban J connectivity index is 1.67. The highest BCUT2D eigenvalue weighted by molar-refractivity contribution is 7.91. The van der Waals surface area contributed by atoms with Gasteiger partial charge in [-0.2, -0.15) is 0 Å². The third-order valence-corrected chi connectivity index (χ3v) is 5.71. The first-order valence-electron chi connectivity index (χ1n) is 6.07. The highest BCUT2D eigenvalue weighted by atomic mass is 32.2. The van der Waals surface area contributed by atoms with Crippen molar-refractivity contribution in [1.29, 1.82) is 0 Å². The summed E-state index contributed by atoms with van der Waals surface area (Å²) in [6.07, 6.45) is 2.74. The number of carbonyl (C=O) groups excluding carboxylic acids is 1. The molecule has 0 bridgehead atoms. The molecule has 1 aliphatic heterocycles. The fraction of sp³-hybridized carbons (Fsp3) is 0.583. The Hall–Kier alpha value is -0.880. The SMILES string of the molecule is O=C(CCCc1cccs1)NC1CCS(=O)(=O)C1. The quantitative estimate of drug-likeness (QED) is 0.889. The summed E-state index contributed by atoms with van der Waals surface area (Å²) in [5.41, 5.74) is 0. The van der Waals surface area contributed by atoms with E-state index in [1.165, 1.54) is 4.88 Å². The Kier molecular flexibility index (Phi) is 4.40. The van der Waals surface area contributed by atoms with E-state index in [9.17, 15) is 13.2 Å². The molecule has 1 unspecified atom stereocenters. The van der Waals surface area contributed by atoms with Crippen molar-refractivity contribution in [3.05, 3.63) is 22.4 Å². The molecule has 6 heteroatoms. The maximum atomic E-state index is 11.6. The fourth-order valence-electron chi connectivity index (χ4n) is 2.09. The van der Waals surface area contributed by atoms with Gasteiger partial charge in [0.05, 0.1) is 11.5 Å². The number of aryl methyl sites for hydroxylation is 1. The number of thiophene rings is 1. The van der Waals surface area contributed by atoms with E-state index in [0.29, 0.717) is 12.8 Å². The Morgan fingerprint density at radius 2 is 2.33 bits per heavy atom. The lowest BCUT2D eigenvalue weighted by atomic mass is 10.2. The van der Waals surface area contributed by atoms with Gasteiger partial charge in [0.25, 0.3) is 0 Å². The van der Waals surface area contributed by atoms with Gasteiger partial charge >= 0.3 is 0 Å². The summed E-state index contributed by atoms with van der Waals surface area (Å²) >= 11 is 1.70. The van der Waals surface area contributed by atoms with Crippen molar-refractivity contribution in [3.8, 4) is 0 Å². The van der Waals surface area contributed by atoms with Crippen LogP contribution >= 0.6 is 11.3 Å². The van der Waals surface area contributed by atoms with Crippen LogP contribution < -0.4 is 5.32 Å². The van der Waals surface area contributed by atoms with E-state index in [-0.39, 0.29) is 23.5 Å². The topological polar surface area (TPSA) is 63.2 Å². The minimum atomic E-state index is -2.91. The van der Waals surface area contributed by atoms with Crippen LogP contribution in [0.4, 0.5) is 0 Å². The zero-order valence-corrected chi connectivity index (χ0v) is 11.7. The second-order valence-corrected chi connectivity index (χ2v) is 7.86. The van der Waals surface area contributed by atoms with Crippen LogP contribution in [0, 0.1) is 0 Å². The normalized spacial score (nSPS) is 21.9. The fourth-order valence-corrected chi connectivity index (χ4v) is 4.51. The summed E-state index contributed by atoms with van der Waals surface area (Å²) in [7, 11) is -2.91. The van der Waals surface area contributed by atoms with Crippen LogP contribution in [-0.2, 0) is 21.1 Å². The van der Waals surface area contributed by atoms with E-state index < -0.39 is 9.84 Å². The van der Waals surface area contributed by atoms with Crippen molar-refractivity contribution < 1.29 is 13.2 Å². The maximum absolute atomic E-state index is 11.6. The molecule has 1 aliphatic rings. The van der Waals surface area contributed by atoms with Crippen LogP contribution in [0.2, 0.25) is 0 Å². The first-order valence-corrected chi connectivity index (χ1v) is 8.77. The minimum Gasteiger partial charge on any atom is -0.352 e. The predicted molar refractivity (Wildman–Crippen MR) is 72.5 cm³/mol. The van der Waals surface area contributed by atoms with Crippen LogP contribution in [0.25, 0.3) is 0 Å². The number of hydrogen-bond acceptors (Lipinski definition) is 4. The van der Waals surface area contributed by atoms with Gasteiger partial charge in [0.1, 0.15) is 0 Å². The Morgan fingerprint density at radius 3 is 2.94 bits per heavy atom. The van der Waals surface area contributed by atoms with Gasteiger partial charge in [-0.25, -0.2) is 8.42 Å². The number of amides is 1. The van der Waals surface area contributed by atoms with Crippen LogP contribution in [0.3, 0.4) is 0 Å². The van der Waals surface area contributed by atoms with E-state index in [4.69, 9.17) is 0 Å². The van der Waals surface area contributed by atoms with Gasteiger partial charge in [-0.05, 0) is 30.7 Å². The van der Waals surface area contributed by atoms with Crippen molar-refractivity contribution in [1.82, 2.24) is 5.32 Å². The van der Waals surface area contributed by atoms with Crippen molar-refractivity contribution in [2.45, 2.75) is 31.7 Å². The van der Waals surface area contributed by atoms with E-state index >= 15 is 0 Å². The molecule has 1 aromatic heterocycles. The summed E-state index contributed by atoms with van der Waals surface area (Å²) in [6.45, 7) is 0. The van der Waals surface area contributed by atoms with Crippen LogP contribution in [-0.4, -0.2) is 31.9 Å². The third kappa shape index (κ3) is 4.10. The number of carbonyl (C=O) groups is 1. The van der Waals surface area contributed by atoms with E-state index in [1.54, 1.807) is 11.3 Å². The first-order chi connectivity index (χ1) is 8.55. The Bertz CT molecular complexity index is 493. The van der Waals surface area contributed by atoms with Gasteiger partial charge in [-0.1, -0.05) is 6.07 Å². The monoisotopic (exact) mass is 287 g/mol. The molecule has 1 atom stereocenters. The van der Waals surface area contributed by atoms with Crippen LogP contribution in [0.5, 0.6) is 0 Å². The highest BCUT2D eigenvalue weighted by Crippen LogP contribution is 2.13. The molecule has 18 heavy (non-hydrogen) atoms. The first kappa shape index (κ1) is 13.5. The average Bonchev–Trinajstić information content (AvgIpc) is 2.88. The van der Waals surface area contributed by atoms with Gasteiger partial charge in [0, 0.05) is 17.3 Å². The number of hydrogen-bond donors (Lipinski definition) is 1. The molecule has 0 saturated carbocycles. The van der Waals surface area contributed by atoms with Gasteiger partial charge < -0.3 is 5.32 Å². The summed E-state index contributed by atoms with van der Waals surface area (Å²) < 4.78 is 22.5. The standard InChI is InChI=1S/C12H17NO3S2/c14-12(5-1-3-11-4-2-7-17-11)13-10-6-8-18(15,16)9-10/h2,4,7,10H,1,3,5-6,8-9H2,(H,13,14). The van der Waals surface area contributed by atoms with Gasteiger partial charge in [0.2, 0.25) is 5.91 Å². The molecule has 1 amide bonds. The molecule has 0 spiro atoms. The lowest BCUT2D eigenvalue weighted by Gasteiger charge is -2.10. The molecular weight excluding hydrogens is 270 g/mol. The number of rotatable bonds is 5. The summed E-state index contributed by atoms with van der Waals surface area (Å²) in [5, 5.41) is 4.83. The largest absolute Gasteiger partial charge is 0.352 e. The molecule has 0 radical (unpaired) electrons. The van der Waals surface area contributed by atoms with Crippen LogP contribution in [0.1, 0.15) is 24.1 Å². The van der Waals surface area contributed by atoms with Gasteiger partial charge in [-0.15, -0.1) is 11.3 Å². The average molecular weight is 287 g/mol. The summed E-state index contributed by atoms with van der Waals surface area (Å²) in [6, 6.07) is 3.89. The van der Waals surface area contributed by atoms with Crippen LogP contribution in [0.15, 0.2) is 17.5 Å². The Labute approximate surface area is 111 Å². The molecular formula is C12H17NO3S2. The highest BCUT2D eigenvalue weighted by Gasteiger charge is 2.28. The number of sulfone groups is 1. The third-order valence-electron chi connectivity index (χ3n) is 3.00. The van der Waals surface area contributed by atoms with E-state index in [0.717, 1.165) is 12.8 Å². The smallest absolute Gasteiger partial charge is 0.220 e. The zero-order chi connectivity index (χ0) is 13.0. The predicted octanol–water partition coefficient (Wildman–Crippen LogP) is 1.37. The van der Waals surface area contributed by atoms with Crippen molar-refractivity contribution >= 4 is 27.1 Å². The van der Waals surface area contributed by atoms with Crippen molar-refractivity contribution in [2.24, 2.45) is 0 Å². The maximum Gasteiger partial charge on any atom is 0.220 e. The van der Waals surface area contributed by atoms with Crippen molar-refractivity contribution in [3.63, 3.8) is 0 Å². The summed E-state index contributed by atoms with van der Waals surface area (Å²) in [5.74, 6) is 0.269. The Morgan fingerprint density at radius 1 is 1.50 bits per heavy atom. The summed E-state index contributed by atoms with van der Waals surface area (Å²) in [4.78, 5) is 12.9. The number of nitrogens with one attached hydrogen (secondary N) is 1. The minimum absolute atomic E-state index is 0.0337. The lowest BCUT2D eigenvalue weighted by Crippen LogP contribution is -2.35.